The summed E-state index contributed by atoms with van der Waals surface area (Å²) in [5.74, 6) is 5.91. The summed E-state index contributed by atoms with van der Waals surface area (Å²) in [5, 5.41) is 2.06. The molecule has 1 saturated heterocycles. The molecular weight excluding hydrogens is 282 g/mol. The Hall–Kier alpha value is -0.950. The minimum Gasteiger partial charge on any atom is -0.297 e. The number of rotatable bonds is 6. The van der Waals surface area contributed by atoms with Crippen molar-refractivity contribution in [1.29, 1.82) is 0 Å². The fraction of sp³-hybridized carbons (Fsp3) is 0.667. The van der Waals surface area contributed by atoms with Gasteiger partial charge in [0.15, 0.2) is 4.96 Å². The van der Waals surface area contributed by atoms with E-state index in [4.69, 9.17) is 10.8 Å². The maximum Gasteiger partial charge on any atom is 0.193 e. The zero-order valence-corrected chi connectivity index (χ0v) is 13.7. The predicted molar refractivity (Wildman–Crippen MR) is 87.4 cm³/mol. The molecular formula is C15H25N5S. The monoisotopic (exact) mass is 307 g/mol. The van der Waals surface area contributed by atoms with Crippen LogP contribution in [0.15, 0.2) is 17.8 Å². The highest BCUT2D eigenvalue weighted by atomic mass is 32.1. The van der Waals surface area contributed by atoms with Crippen LogP contribution in [0.1, 0.15) is 38.8 Å². The standard InChI is InChI=1S/C15H25N5S/c1-3-15(2,20-6-4-5-7-20)13(18-16)10-12-11-19-8-9-21-14(19)17-12/h8-9,11,13,18H,3-7,10,16H2,1-2H3. The number of nitrogens with zero attached hydrogens (tertiary/aromatic N) is 3. The quantitative estimate of drug-likeness (QED) is 0.633. The Balaban J connectivity index is 1.80. The van der Waals surface area contributed by atoms with Gasteiger partial charge in [0.2, 0.25) is 0 Å². The number of imidazole rings is 1. The van der Waals surface area contributed by atoms with Crippen molar-refractivity contribution in [2.75, 3.05) is 13.1 Å². The highest BCUT2D eigenvalue weighted by Crippen LogP contribution is 2.29. The second-order valence-electron chi connectivity index (χ2n) is 6.15. The topological polar surface area (TPSA) is 58.6 Å². The van der Waals surface area contributed by atoms with Gasteiger partial charge < -0.3 is 0 Å². The molecule has 0 spiro atoms. The van der Waals surface area contributed by atoms with E-state index in [2.05, 4.69) is 46.3 Å². The van der Waals surface area contributed by atoms with Crippen molar-refractivity contribution in [2.45, 2.75) is 51.1 Å². The molecule has 0 saturated carbocycles. The minimum absolute atomic E-state index is 0.0856. The van der Waals surface area contributed by atoms with Crippen LogP contribution in [0.2, 0.25) is 0 Å². The third kappa shape index (κ3) is 2.73. The van der Waals surface area contributed by atoms with Gasteiger partial charge in [0.25, 0.3) is 0 Å². The maximum atomic E-state index is 5.91. The van der Waals surface area contributed by atoms with Gasteiger partial charge in [-0.15, -0.1) is 11.3 Å². The number of nitrogens with two attached hydrogens (primary N) is 1. The lowest BCUT2D eigenvalue weighted by atomic mass is 9.85. The number of hydrazine groups is 1. The Bertz CT molecular complexity index is 557. The minimum atomic E-state index is 0.0856. The Morgan fingerprint density at radius 2 is 2.24 bits per heavy atom. The molecule has 1 fully saturated rings. The Morgan fingerprint density at radius 1 is 1.48 bits per heavy atom. The summed E-state index contributed by atoms with van der Waals surface area (Å²) in [7, 11) is 0. The zero-order valence-electron chi connectivity index (χ0n) is 12.9. The summed E-state index contributed by atoms with van der Waals surface area (Å²) >= 11 is 1.67. The fourth-order valence-electron chi connectivity index (χ4n) is 3.46. The molecule has 5 nitrogen and oxygen atoms in total. The first kappa shape index (κ1) is 15.0. The molecule has 1 aliphatic rings. The molecule has 0 bridgehead atoms. The lowest BCUT2D eigenvalue weighted by Crippen LogP contribution is -2.61. The molecule has 116 valence electrons. The lowest BCUT2D eigenvalue weighted by Gasteiger charge is -2.44. The van der Waals surface area contributed by atoms with Gasteiger partial charge in [0.05, 0.1) is 5.69 Å². The van der Waals surface area contributed by atoms with Crippen molar-refractivity contribution in [3.63, 3.8) is 0 Å². The number of aromatic nitrogens is 2. The smallest absolute Gasteiger partial charge is 0.193 e. The van der Waals surface area contributed by atoms with Crippen molar-refractivity contribution in [3.8, 4) is 0 Å². The van der Waals surface area contributed by atoms with Gasteiger partial charge in [-0.05, 0) is 39.3 Å². The molecule has 3 rings (SSSR count). The van der Waals surface area contributed by atoms with E-state index < -0.39 is 0 Å². The van der Waals surface area contributed by atoms with Crippen LogP contribution in [0.3, 0.4) is 0 Å². The summed E-state index contributed by atoms with van der Waals surface area (Å²) in [6.07, 6.45) is 8.73. The number of hydrogen-bond donors (Lipinski definition) is 2. The average Bonchev–Trinajstić information content (AvgIpc) is 3.19. The van der Waals surface area contributed by atoms with Gasteiger partial charge in [0.1, 0.15) is 0 Å². The molecule has 2 aromatic rings. The third-order valence-corrected chi connectivity index (χ3v) is 5.82. The molecule has 0 radical (unpaired) electrons. The van der Waals surface area contributed by atoms with E-state index in [9.17, 15) is 0 Å². The maximum absolute atomic E-state index is 5.91. The summed E-state index contributed by atoms with van der Waals surface area (Å²) in [6, 6.07) is 0.213. The summed E-state index contributed by atoms with van der Waals surface area (Å²) in [6.45, 7) is 6.96. The first-order valence-electron chi connectivity index (χ1n) is 7.79. The Morgan fingerprint density at radius 3 is 2.86 bits per heavy atom. The van der Waals surface area contributed by atoms with E-state index in [1.54, 1.807) is 11.3 Å². The first-order chi connectivity index (χ1) is 10.2. The van der Waals surface area contributed by atoms with Crippen LogP contribution >= 0.6 is 11.3 Å². The van der Waals surface area contributed by atoms with Gasteiger partial charge in [-0.25, -0.2) is 4.98 Å². The molecule has 6 heteroatoms. The van der Waals surface area contributed by atoms with Crippen molar-refractivity contribution in [1.82, 2.24) is 19.7 Å². The van der Waals surface area contributed by atoms with Crippen LogP contribution in [0.5, 0.6) is 0 Å². The molecule has 2 atom stereocenters. The van der Waals surface area contributed by atoms with Crippen LogP contribution in [-0.4, -0.2) is 39.0 Å². The molecule has 3 heterocycles. The molecule has 2 aromatic heterocycles. The summed E-state index contributed by atoms with van der Waals surface area (Å²) < 4.78 is 2.09. The number of fused-ring (bicyclic) bond motifs is 1. The van der Waals surface area contributed by atoms with Gasteiger partial charge >= 0.3 is 0 Å². The van der Waals surface area contributed by atoms with Crippen LogP contribution in [-0.2, 0) is 6.42 Å². The van der Waals surface area contributed by atoms with Gasteiger partial charge in [-0.2, -0.15) is 0 Å². The molecule has 1 aliphatic heterocycles. The van der Waals surface area contributed by atoms with Crippen LogP contribution in [0, 0.1) is 0 Å². The van der Waals surface area contributed by atoms with E-state index in [1.807, 2.05) is 0 Å². The molecule has 3 N–H and O–H groups in total. The Kier molecular flexibility index (Phi) is 4.31. The van der Waals surface area contributed by atoms with Crippen molar-refractivity contribution in [2.24, 2.45) is 5.84 Å². The van der Waals surface area contributed by atoms with Crippen LogP contribution < -0.4 is 11.3 Å². The van der Waals surface area contributed by atoms with E-state index in [-0.39, 0.29) is 11.6 Å². The van der Waals surface area contributed by atoms with E-state index in [0.717, 1.165) is 23.5 Å². The first-order valence-corrected chi connectivity index (χ1v) is 8.67. The normalized spacial score (nSPS) is 20.9. The third-order valence-electron chi connectivity index (χ3n) is 5.05. The molecule has 21 heavy (non-hydrogen) atoms. The molecule has 0 aliphatic carbocycles. The number of nitrogens with one attached hydrogen (secondary N) is 1. The SMILES string of the molecule is CCC(C)(C(Cc1cn2ccsc2n1)NN)N1CCCC1. The largest absolute Gasteiger partial charge is 0.297 e. The number of likely N-dealkylation sites (tertiary alicyclic amines) is 1. The summed E-state index contributed by atoms with van der Waals surface area (Å²) in [5.41, 5.74) is 4.27. The molecule has 2 unspecified atom stereocenters. The summed E-state index contributed by atoms with van der Waals surface area (Å²) in [4.78, 5) is 8.35. The molecule has 0 amide bonds. The van der Waals surface area contributed by atoms with Crippen molar-refractivity contribution in [3.05, 3.63) is 23.5 Å². The zero-order chi connectivity index (χ0) is 14.9. The van der Waals surface area contributed by atoms with E-state index in [1.165, 1.54) is 25.9 Å². The van der Waals surface area contributed by atoms with Crippen LogP contribution in [0.25, 0.3) is 4.96 Å². The average molecular weight is 307 g/mol. The lowest BCUT2D eigenvalue weighted by molar-refractivity contribution is 0.0837. The fourth-order valence-corrected chi connectivity index (χ4v) is 4.18. The van der Waals surface area contributed by atoms with Gasteiger partial charge in [-0.3, -0.25) is 20.6 Å². The second-order valence-corrected chi connectivity index (χ2v) is 7.03. The Labute approximate surface area is 130 Å². The van der Waals surface area contributed by atoms with Crippen molar-refractivity contribution >= 4 is 16.3 Å². The molecule has 0 aromatic carbocycles. The predicted octanol–water partition coefficient (Wildman–Crippen LogP) is 2.03. The highest BCUT2D eigenvalue weighted by molar-refractivity contribution is 7.15. The van der Waals surface area contributed by atoms with Crippen LogP contribution in [0.4, 0.5) is 0 Å². The number of thiazole rings is 1. The second kappa shape index (κ2) is 6.04. The van der Waals surface area contributed by atoms with Gasteiger partial charge in [-0.1, -0.05) is 6.92 Å². The van der Waals surface area contributed by atoms with E-state index in [0.29, 0.717) is 0 Å². The van der Waals surface area contributed by atoms with Crippen molar-refractivity contribution < 1.29 is 0 Å². The number of hydrogen-bond acceptors (Lipinski definition) is 5. The van der Waals surface area contributed by atoms with E-state index >= 15 is 0 Å². The van der Waals surface area contributed by atoms with Gasteiger partial charge in [0, 0.05) is 35.8 Å². The highest BCUT2D eigenvalue weighted by Gasteiger charge is 2.39.